The summed E-state index contributed by atoms with van der Waals surface area (Å²) >= 11 is 0. The Hall–Kier alpha value is -0.0800. The zero-order chi connectivity index (χ0) is 12.0. The molecule has 16 heavy (non-hydrogen) atoms. The van der Waals surface area contributed by atoms with E-state index in [0.717, 1.165) is 25.3 Å². The van der Waals surface area contributed by atoms with Crippen LogP contribution in [0.2, 0.25) is 0 Å². The van der Waals surface area contributed by atoms with E-state index >= 15 is 0 Å². The molecule has 0 heterocycles. The normalized spacial score (nSPS) is 18.6. The maximum absolute atomic E-state index is 9.56. The van der Waals surface area contributed by atoms with Gasteiger partial charge in [0.2, 0.25) is 0 Å². The predicted molar refractivity (Wildman–Crippen MR) is 69.6 cm³/mol. The minimum Gasteiger partial charge on any atom is -0.396 e. The van der Waals surface area contributed by atoms with Gasteiger partial charge in [0.25, 0.3) is 0 Å². The number of aliphatic hydroxyl groups excluding tert-OH is 1. The molecule has 1 saturated carbocycles. The van der Waals surface area contributed by atoms with Gasteiger partial charge in [-0.25, -0.2) is 0 Å². The van der Waals surface area contributed by atoms with Crippen molar-refractivity contribution < 1.29 is 5.11 Å². The lowest BCUT2D eigenvalue weighted by molar-refractivity contribution is 0.0702. The van der Waals surface area contributed by atoms with Crippen LogP contribution in [0.5, 0.6) is 0 Å². The molecule has 0 spiro atoms. The highest BCUT2D eigenvalue weighted by atomic mass is 16.3. The Balaban J connectivity index is 2.38. The number of hydrogen-bond donors (Lipinski definition) is 1. The highest BCUT2D eigenvalue weighted by molar-refractivity contribution is 4.80. The van der Waals surface area contributed by atoms with Crippen molar-refractivity contribution in [3.63, 3.8) is 0 Å². The van der Waals surface area contributed by atoms with Crippen LogP contribution in [0, 0.1) is 11.3 Å². The Kier molecular flexibility index (Phi) is 5.77. The van der Waals surface area contributed by atoms with Gasteiger partial charge in [0, 0.05) is 25.1 Å². The molecule has 0 aromatic rings. The summed E-state index contributed by atoms with van der Waals surface area (Å²) in [5.41, 5.74) is 0.132. The van der Waals surface area contributed by atoms with E-state index in [0.29, 0.717) is 6.61 Å². The highest BCUT2D eigenvalue weighted by Crippen LogP contribution is 2.29. The molecule has 0 aliphatic heterocycles. The van der Waals surface area contributed by atoms with E-state index in [-0.39, 0.29) is 5.41 Å². The van der Waals surface area contributed by atoms with Crippen LogP contribution in [0.4, 0.5) is 0 Å². The molecule has 0 radical (unpaired) electrons. The standard InChI is InChI=1S/C14H29NO/c1-4-14(5-2,12-16)11-15(3)10-13-8-6-7-9-13/h13,16H,4-12H2,1-3H3. The topological polar surface area (TPSA) is 23.5 Å². The van der Waals surface area contributed by atoms with Gasteiger partial charge >= 0.3 is 0 Å². The van der Waals surface area contributed by atoms with Crippen molar-refractivity contribution in [3.05, 3.63) is 0 Å². The molecule has 0 amide bonds. The quantitative estimate of drug-likeness (QED) is 0.723. The average molecular weight is 227 g/mol. The largest absolute Gasteiger partial charge is 0.396 e. The third-order valence-corrected chi connectivity index (χ3v) is 4.49. The molecule has 1 aliphatic rings. The third-order valence-electron chi connectivity index (χ3n) is 4.49. The van der Waals surface area contributed by atoms with E-state index in [1.165, 1.54) is 32.2 Å². The first kappa shape index (κ1) is 14.0. The van der Waals surface area contributed by atoms with Gasteiger partial charge in [-0.3, -0.25) is 0 Å². The second kappa shape index (κ2) is 6.61. The molecular formula is C14H29NO. The van der Waals surface area contributed by atoms with E-state index in [4.69, 9.17) is 0 Å². The summed E-state index contributed by atoms with van der Waals surface area (Å²) in [5, 5.41) is 9.56. The monoisotopic (exact) mass is 227 g/mol. The molecular weight excluding hydrogens is 198 g/mol. The molecule has 0 saturated heterocycles. The summed E-state index contributed by atoms with van der Waals surface area (Å²) in [6, 6.07) is 0. The summed E-state index contributed by atoms with van der Waals surface area (Å²) in [6.45, 7) is 7.00. The van der Waals surface area contributed by atoms with Crippen LogP contribution < -0.4 is 0 Å². The van der Waals surface area contributed by atoms with Gasteiger partial charge in [-0.05, 0) is 38.6 Å². The summed E-state index contributed by atoms with van der Waals surface area (Å²) in [6.07, 6.45) is 7.82. The third kappa shape index (κ3) is 3.74. The first-order chi connectivity index (χ1) is 7.65. The predicted octanol–water partition coefficient (Wildman–Crippen LogP) is 2.91. The van der Waals surface area contributed by atoms with Gasteiger partial charge in [0.05, 0.1) is 0 Å². The fourth-order valence-electron chi connectivity index (χ4n) is 3.02. The van der Waals surface area contributed by atoms with Gasteiger partial charge in [-0.1, -0.05) is 26.7 Å². The summed E-state index contributed by atoms with van der Waals surface area (Å²) in [5.74, 6) is 0.912. The van der Waals surface area contributed by atoms with Crippen molar-refractivity contribution in [1.29, 1.82) is 0 Å². The summed E-state index contributed by atoms with van der Waals surface area (Å²) in [7, 11) is 2.22. The van der Waals surface area contributed by atoms with Crippen LogP contribution in [0.3, 0.4) is 0 Å². The van der Waals surface area contributed by atoms with Crippen LogP contribution in [0.1, 0.15) is 52.4 Å². The molecule has 0 atom stereocenters. The average Bonchev–Trinajstić information content (AvgIpc) is 2.79. The van der Waals surface area contributed by atoms with Crippen molar-refractivity contribution in [2.24, 2.45) is 11.3 Å². The smallest absolute Gasteiger partial charge is 0.0499 e. The SMILES string of the molecule is CCC(CC)(CO)CN(C)CC1CCCC1. The van der Waals surface area contributed by atoms with E-state index in [2.05, 4.69) is 25.8 Å². The van der Waals surface area contributed by atoms with Crippen LogP contribution >= 0.6 is 0 Å². The van der Waals surface area contributed by atoms with E-state index in [1.807, 2.05) is 0 Å². The van der Waals surface area contributed by atoms with Crippen molar-refractivity contribution in [3.8, 4) is 0 Å². The summed E-state index contributed by atoms with van der Waals surface area (Å²) in [4.78, 5) is 2.44. The van der Waals surface area contributed by atoms with Crippen molar-refractivity contribution >= 4 is 0 Å². The Labute approximate surface area is 101 Å². The molecule has 1 fully saturated rings. The molecule has 0 unspecified atom stereocenters. The molecule has 2 nitrogen and oxygen atoms in total. The maximum Gasteiger partial charge on any atom is 0.0499 e. The van der Waals surface area contributed by atoms with Crippen molar-refractivity contribution in [2.45, 2.75) is 52.4 Å². The zero-order valence-electron chi connectivity index (χ0n) is 11.3. The lowest BCUT2D eigenvalue weighted by atomic mass is 9.82. The lowest BCUT2D eigenvalue weighted by Crippen LogP contribution is -2.39. The molecule has 2 heteroatoms. The Morgan fingerprint density at radius 1 is 1.19 bits per heavy atom. The molecule has 1 aliphatic carbocycles. The number of rotatable bonds is 7. The Morgan fingerprint density at radius 2 is 1.75 bits per heavy atom. The van der Waals surface area contributed by atoms with Crippen LogP contribution in [-0.4, -0.2) is 36.8 Å². The van der Waals surface area contributed by atoms with Gasteiger partial charge in [-0.15, -0.1) is 0 Å². The number of aliphatic hydroxyl groups is 1. The van der Waals surface area contributed by atoms with Gasteiger partial charge in [0.1, 0.15) is 0 Å². The van der Waals surface area contributed by atoms with Crippen LogP contribution in [0.15, 0.2) is 0 Å². The molecule has 0 aromatic carbocycles. The minimum atomic E-state index is 0.132. The van der Waals surface area contributed by atoms with Gasteiger partial charge in [0.15, 0.2) is 0 Å². The lowest BCUT2D eigenvalue weighted by Gasteiger charge is -2.35. The van der Waals surface area contributed by atoms with Gasteiger partial charge < -0.3 is 10.0 Å². The van der Waals surface area contributed by atoms with Gasteiger partial charge in [-0.2, -0.15) is 0 Å². The van der Waals surface area contributed by atoms with Crippen LogP contribution in [-0.2, 0) is 0 Å². The fraction of sp³-hybridized carbons (Fsp3) is 1.00. The Bertz CT molecular complexity index is 175. The fourth-order valence-corrected chi connectivity index (χ4v) is 3.02. The second-order valence-corrected chi connectivity index (χ2v) is 5.71. The first-order valence-electron chi connectivity index (χ1n) is 6.95. The van der Waals surface area contributed by atoms with E-state index in [1.54, 1.807) is 0 Å². The summed E-state index contributed by atoms with van der Waals surface area (Å²) < 4.78 is 0. The van der Waals surface area contributed by atoms with Crippen molar-refractivity contribution in [2.75, 3.05) is 26.7 Å². The highest BCUT2D eigenvalue weighted by Gasteiger charge is 2.28. The molecule has 0 bridgehead atoms. The van der Waals surface area contributed by atoms with Crippen LogP contribution in [0.25, 0.3) is 0 Å². The first-order valence-corrected chi connectivity index (χ1v) is 6.95. The Morgan fingerprint density at radius 3 is 2.19 bits per heavy atom. The number of hydrogen-bond acceptors (Lipinski definition) is 2. The maximum atomic E-state index is 9.56. The molecule has 1 N–H and O–H groups in total. The minimum absolute atomic E-state index is 0.132. The molecule has 1 rings (SSSR count). The molecule has 96 valence electrons. The second-order valence-electron chi connectivity index (χ2n) is 5.71. The van der Waals surface area contributed by atoms with E-state index < -0.39 is 0 Å². The van der Waals surface area contributed by atoms with E-state index in [9.17, 15) is 5.11 Å². The number of nitrogens with zero attached hydrogens (tertiary/aromatic N) is 1. The molecule has 0 aromatic heterocycles. The zero-order valence-corrected chi connectivity index (χ0v) is 11.3. The van der Waals surface area contributed by atoms with Crippen molar-refractivity contribution in [1.82, 2.24) is 4.90 Å².